The quantitative estimate of drug-likeness (QED) is 0.722. The van der Waals surface area contributed by atoms with Crippen LogP contribution in [-0.4, -0.2) is 0 Å². The zero-order valence-corrected chi connectivity index (χ0v) is 9.09. The summed E-state index contributed by atoms with van der Waals surface area (Å²) in [5.41, 5.74) is 10.5. The monoisotopic (exact) mass is 189 g/mol. The topological polar surface area (TPSA) is 26.0 Å². The molecule has 0 spiro atoms. The Morgan fingerprint density at radius 1 is 1.43 bits per heavy atom. The van der Waals surface area contributed by atoms with Crippen molar-refractivity contribution in [2.24, 2.45) is 11.7 Å². The number of benzene rings is 1. The number of hydrogen-bond donors (Lipinski definition) is 1. The SMILES string of the molecule is CCc1ccc2c(c1)C(N)C(C)CC2. The van der Waals surface area contributed by atoms with Crippen LogP contribution < -0.4 is 5.73 Å². The van der Waals surface area contributed by atoms with E-state index in [2.05, 4.69) is 32.0 Å². The van der Waals surface area contributed by atoms with E-state index in [9.17, 15) is 0 Å². The second kappa shape index (κ2) is 3.74. The van der Waals surface area contributed by atoms with E-state index in [1.54, 1.807) is 0 Å². The average Bonchev–Trinajstić information content (AvgIpc) is 2.23. The molecule has 0 heterocycles. The number of rotatable bonds is 1. The molecule has 0 bridgehead atoms. The summed E-state index contributed by atoms with van der Waals surface area (Å²) in [5.74, 6) is 0.634. The van der Waals surface area contributed by atoms with E-state index in [1.165, 1.54) is 29.5 Å². The molecular formula is C13H19N. The molecule has 14 heavy (non-hydrogen) atoms. The maximum atomic E-state index is 6.21. The van der Waals surface area contributed by atoms with Crippen molar-refractivity contribution in [3.63, 3.8) is 0 Å². The van der Waals surface area contributed by atoms with Crippen LogP contribution in [0.5, 0.6) is 0 Å². The third-order valence-electron chi connectivity index (χ3n) is 3.46. The van der Waals surface area contributed by atoms with Gasteiger partial charge in [0.1, 0.15) is 0 Å². The Balaban J connectivity index is 2.41. The van der Waals surface area contributed by atoms with Gasteiger partial charge in [-0.3, -0.25) is 0 Å². The molecule has 1 aliphatic carbocycles. The van der Waals surface area contributed by atoms with Gasteiger partial charge >= 0.3 is 0 Å². The maximum absolute atomic E-state index is 6.21. The largest absolute Gasteiger partial charge is 0.324 e. The molecule has 76 valence electrons. The molecule has 2 N–H and O–H groups in total. The van der Waals surface area contributed by atoms with Gasteiger partial charge < -0.3 is 5.73 Å². The third kappa shape index (κ3) is 1.57. The summed E-state index contributed by atoms with van der Waals surface area (Å²) in [6.45, 7) is 4.45. The summed E-state index contributed by atoms with van der Waals surface area (Å²) in [6, 6.07) is 7.06. The predicted molar refractivity (Wildman–Crippen MR) is 60.2 cm³/mol. The van der Waals surface area contributed by atoms with Crippen LogP contribution in [0, 0.1) is 5.92 Å². The molecule has 1 heteroatoms. The van der Waals surface area contributed by atoms with E-state index in [0.29, 0.717) is 5.92 Å². The van der Waals surface area contributed by atoms with E-state index in [0.717, 1.165) is 6.42 Å². The number of nitrogens with two attached hydrogens (primary N) is 1. The van der Waals surface area contributed by atoms with E-state index >= 15 is 0 Å². The number of hydrogen-bond acceptors (Lipinski definition) is 1. The van der Waals surface area contributed by atoms with Crippen molar-refractivity contribution in [2.75, 3.05) is 0 Å². The number of fused-ring (bicyclic) bond motifs is 1. The fourth-order valence-electron chi connectivity index (χ4n) is 2.27. The molecule has 1 nitrogen and oxygen atoms in total. The second-order valence-corrected chi connectivity index (χ2v) is 4.43. The first-order chi connectivity index (χ1) is 6.72. The Kier molecular flexibility index (Phi) is 2.60. The molecule has 0 fully saturated rings. The third-order valence-corrected chi connectivity index (χ3v) is 3.46. The molecule has 2 atom stereocenters. The van der Waals surface area contributed by atoms with Crippen LogP contribution in [0.25, 0.3) is 0 Å². The first-order valence-electron chi connectivity index (χ1n) is 5.59. The van der Waals surface area contributed by atoms with Crippen molar-refractivity contribution in [3.05, 3.63) is 34.9 Å². The van der Waals surface area contributed by atoms with Gasteiger partial charge in [0.2, 0.25) is 0 Å². The fraction of sp³-hybridized carbons (Fsp3) is 0.538. The van der Waals surface area contributed by atoms with E-state index < -0.39 is 0 Å². The van der Waals surface area contributed by atoms with Crippen LogP contribution in [-0.2, 0) is 12.8 Å². The lowest BCUT2D eigenvalue weighted by atomic mass is 9.80. The van der Waals surface area contributed by atoms with Crippen molar-refractivity contribution < 1.29 is 0 Å². The number of aryl methyl sites for hydroxylation is 2. The van der Waals surface area contributed by atoms with Crippen LogP contribution in [0.2, 0.25) is 0 Å². The van der Waals surface area contributed by atoms with Crippen LogP contribution in [0.15, 0.2) is 18.2 Å². The van der Waals surface area contributed by atoms with Gasteiger partial charge in [-0.15, -0.1) is 0 Å². The van der Waals surface area contributed by atoms with Gasteiger partial charge in [-0.25, -0.2) is 0 Å². The molecule has 0 amide bonds. The van der Waals surface area contributed by atoms with Crippen LogP contribution in [0.3, 0.4) is 0 Å². The summed E-state index contributed by atoms with van der Waals surface area (Å²) < 4.78 is 0. The minimum atomic E-state index is 0.255. The minimum Gasteiger partial charge on any atom is -0.324 e. The smallest absolute Gasteiger partial charge is 0.0323 e. The highest BCUT2D eigenvalue weighted by molar-refractivity contribution is 5.36. The van der Waals surface area contributed by atoms with E-state index in [-0.39, 0.29) is 6.04 Å². The summed E-state index contributed by atoms with van der Waals surface area (Å²) in [5, 5.41) is 0. The molecule has 0 aromatic heterocycles. The molecule has 0 saturated carbocycles. The molecular weight excluding hydrogens is 170 g/mol. The first kappa shape index (κ1) is 9.72. The minimum absolute atomic E-state index is 0.255. The highest BCUT2D eigenvalue weighted by atomic mass is 14.7. The van der Waals surface area contributed by atoms with Crippen molar-refractivity contribution in [2.45, 2.75) is 39.2 Å². The highest BCUT2D eigenvalue weighted by Crippen LogP contribution is 2.32. The van der Waals surface area contributed by atoms with Crippen molar-refractivity contribution >= 4 is 0 Å². The summed E-state index contributed by atoms with van der Waals surface area (Å²) in [4.78, 5) is 0. The van der Waals surface area contributed by atoms with Gasteiger partial charge in [0.25, 0.3) is 0 Å². The zero-order chi connectivity index (χ0) is 10.1. The summed E-state index contributed by atoms with van der Waals surface area (Å²) >= 11 is 0. The molecule has 1 aromatic rings. The van der Waals surface area contributed by atoms with Gasteiger partial charge in [0.15, 0.2) is 0 Å². The average molecular weight is 189 g/mol. The van der Waals surface area contributed by atoms with Crippen molar-refractivity contribution in [1.29, 1.82) is 0 Å². The standard InChI is InChI=1S/C13H19N/c1-3-10-5-7-11-6-4-9(2)13(14)12(11)8-10/h5,7-9,13H,3-4,6,14H2,1-2H3. The molecule has 1 aromatic carbocycles. The molecule has 0 aliphatic heterocycles. The van der Waals surface area contributed by atoms with Crippen LogP contribution in [0.1, 0.15) is 43.0 Å². The lowest BCUT2D eigenvalue weighted by Crippen LogP contribution is -2.25. The van der Waals surface area contributed by atoms with Crippen molar-refractivity contribution in [3.8, 4) is 0 Å². The van der Waals surface area contributed by atoms with E-state index in [4.69, 9.17) is 5.73 Å². The fourth-order valence-corrected chi connectivity index (χ4v) is 2.27. The zero-order valence-electron chi connectivity index (χ0n) is 9.09. The normalized spacial score (nSPS) is 25.9. The Bertz CT molecular complexity index is 330. The Morgan fingerprint density at radius 3 is 2.93 bits per heavy atom. The molecule has 1 aliphatic rings. The van der Waals surface area contributed by atoms with Gasteiger partial charge in [-0.2, -0.15) is 0 Å². The molecule has 0 saturated heterocycles. The lowest BCUT2D eigenvalue weighted by molar-refractivity contribution is 0.411. The van der Waals surface area contributed by atoms with Gasteiger partial charge in [0, 0.05) is 6.04 Å². The molecule has 2 unspecified atom stereocenters. The molecule has 2 rings (SSSR count). The van der Waals surface area contributed by atoms with Gasteiger partial charge in [0.05, 0.1) is 0 Å². The van der Waals surface area contributed by atoms with Gasteiger partial charge in [-0.1, -0.05) is 32.0 Å². The van der Waals surface area contributed by atoms with Gasteiger partial charge in [-0.05, 0) is 41.9 Å². The second-order valence-electron chi connectivity index (χ2n) is 4.43. The van der Waals surface area contributed by atoms with Crippen LogP contribution >= 0.6 is 0 Å². The maximum Gasteiger partial charge on any atom is 0.0323 e. The predicted octanol–water partition coefficient (Wildman–Crippen LogP) is 2.83. The Hall–Kier alpha value is -0.820. The highest BCUT2D eigenvalue weighted by Gasteiger charge is 2.22. The summed E-state index contributed by atoms with van der Waals surface area (Å²) in [7, 11) is 0. The van der Waals surface area contributed by atoms with Crippen LogP contribution in [0.4, 0.5) is 0 Å². The van der Waals surface area contributed by atoms with Crippen molar-refractivity contribution in [1.82, 2.24) is 0 Å². The summed E-state index contributed by atoms with van der Waals surface area (Å²) in [6.07, 6.45) is 3.54. The lowest BCUT2D eigenvalue weighted by Gasteiger charge is -2.28. The van der Waals surface area contributed by atoms with E-state index in [1.807, 2.05) is 0 Å². The Labute approximate surface area is 86.3 Å². The first-order valence-corrected chi connectivity index (χ1v) is 5.59. The Morgan fingerprint density at radius 2 is 2.21 bits per heavy atom. The molecule has 0 radical (unpaired) electrons.